The van der Waals surface area contributed by atoms with Crippen LogP contribution in [0.2, 0.25) is 0 Å². The fourth-order valence-corrected chi connectivity index (χ4v) is 3.46. The van der Waals surface area contributed by atoms with Gasteiger partial charge in [-0.25, -0.2) is 5.43 Å². The van der Waals surface area contributed by atoms with Crippen LogP contribution in [0.15, 0.2) is 84.0 Å². The van der Waals surface area contributed by atoms with Gasteiger partial charge in [-0.05, 0) is 35.4 Å². The molecule has 3 aromatic rings. The number of nitrogens with one attached hydrogen (secondary N) is 1. The van der Waals surface area contributed by atoms with Crippen molar-refractivity contribution in [2.75, 3.05) is 26.3 Å². The summed E-state index contributed by atoms with van der Waals surface area (Å²) in [6.45, 7) is 4.76. The van der Waals surface area contributed by atoms with Crippen molar-refractivity contribution >= 4 is 12.1 Å². The molecule has 4 rings (SSSR count). The quantitative estimate of drug-likeness (QED) is 0.436. The van der Waals surface area contributed by atoms with Gasteiger partial charge in [-0.2, -0.15) is 5.10 Å². The number of carbonyl (C=O) groups is 1. The van der Waals surface area contributed by atoms with E-state index in [-0.39, 0.29) is 5.91 Å². The first-order valence-corrected chi connectivity index (χ1v) is 10.8. The number of amides is 1. The number of para-hydroxylation sites is 1. The van der Waals surface area contributed by atoms with Crippen LogP contribution in [0.1, 0.15) is 27.0 Å². The van der Waals surface area contributed by atoms with Gasteiger partial charge in [0.2, 0.25) is 0 Å². The second-order valence-electron chi connectivity index (χ2n) is 7.60. The zero-order valence-electron chi connectivity index (χ0n) is 17.9. The molecule has 0 aromatic heterocycles. The minimum atomic E-state index is -0.248. The van der Waals surface area contributed by atoms with Gasteiger partial charge in [0, 0.05) is 30.8 Å². The number of hydrazone groups is 1. The van der Waals surface area contributed by atoms with Crippen molar-refractivity contribution in [3.8, 4) is 5.75 Å². The Morgan fingerprint density at radius 3 is 2.44 bits per heavy atom. The number of ether oxygens (including phenoxy) is 2. The Labute approximate surface area is 188 Å². The van der Waals surface area contributed by atoms with Crippen molar-refractivity contribution in [2.45, 2.75) is 13.2 Å². The van der Waals surface area contributed by atoms with E-state index in [0.29, 0.717) is 17.9 Å². The van der Waals surface area contributed by atoms with E-state index in [1.54, 1.807) is 6.21 Å². The normalized spacial score (nSPS) is 14.4. The number of carbonyl (C=O) groups excluding carboxylic acids is 1. The average molecular weight is 430 g/mol. The first-order valence-electron chi connectivity index (χ1n) is 10.8. The molecule has 0 radical (unpaired) electrons. The Kier molecular flexibility index (Phi) is 7.63. The second-order valence-corrected chi connectivity index (χ2v) is 7.60. The average Bonchev–Trinajstić information content (AvgIpc) is 2.85. The molecule has 1 amide bonds. The molecule has 0 unspecified atom stereocenters. The minimum Gasteiger partial charge on any atom is -0.488 e. The van der Waals surface area contributed by atoms with Crippen molar-refractivity contribution in [3.05, 3.63) is 101 Å². The molecule has 1 aliphatic heterocycles. The van der Waals surface area contributed by atoms with Crippen LogP contribution in [0.4, 0.5) is 0 Å². The predicted molar refractivity (Wildman–Crippen MR) is 125 cm³/mol. The van der Waals surface area contributed by atoms with E-state index in [1.165, 1.54) is 5.56 Å². The summed E-state index contributed by atoms with van der Waals surface area (Å²) in [6, 6.07) is 25.2. The third-order valence-electron chi connectivity index (χ3n) is 5.25. The lowest BCUT2D eigenvalue weighted by Gasteiger charge is -2.26. The van der Waals surface area contributed by atoms with E-state index in [9.17, 15) is 4.79 Å². The van der Waals surface area contributed by atoms with E-state index in [1.807, 2.05) is 78.9 Å². The van der Waals surface area contributed by atoms with Crippen molar-refractivity contribution < 1.29 is 14.3 Å². The van der Waals surface area contributed by atoms with Crippen molar-refractivity contribution in [3.63, 3.8) is 0 Å². The molecule has 164 valence electrons. The van der Waals surface area contributed by atoms with Crippen LogP contribution in [0.5, 0.6) is 5.75 Å². The summed E-state index contributed by atoms with van der Waals surface area (Å²) < 4.78 is 11.3. The van der Waals surface area contributed by atoms with Crippen molar-refractivity contribution in [2.24, 2.45) is 5.10 Å². The van der Waals surface area contributed by atoms with E-state index in [0.717, 1.165) is 44.0 Å². The fraction of sp³-hybridized carbons (Fsp3) is 0.231. The van der Waals surface area contributed by atoms with Crippen molar-refractivity contribution in [1.82, 2.24) is 10.3 Å². The topological polar surface area (TPSA) is 63.2 Å². The standard InChI is InChI=1S/C26H27N3O3/c30-26(23-12-10-21(11-13-23)19-29-14-16-31-17-15-29)28-27-18-24-8-4-5-9-25(24)32-20-22-6-2-1-3-7-22/h1-13,18H,14-17,19-20H2,(H,28,30)/b27-18-. The monoisotopic (exact) mass is 429 g/mol. The summed E-state index contributed by atoms with van der Waals surface area (Å²) in [7, 11) is 0. The molecule has 6 nitrogen and oxygen atoms in total. The number of hydrogen-bond donors (Lipinski definition) is 1. The van der Waals surface area contributed by atoms with E-state index >= 15 is 0 Å². The smallest absolute Gasteiger partial charge is 0.271 e. The Morgan fingerprint density at radius 2 is 1.66 bits per heavy atom. The Balaban J connectivity index is 1.31. The van der Waals surface area contributed by atoms with E-state index < -0.39 is 0 Å². The summed E-state index contributed by atoms with van der Waals surface area (Å²) >= 11 is 0. The first kappa shape index (κ1) is 21.7. The Morgan fingerprint density at radius 1 is 0.938 bits per heavy atom. The molecule has 1 fully saturated rings. The molecule has 32 heavy (non-hydrogen) atoms. The fourth-order valence-electron chi connectivity index (χ4n) is 3.46. The van der Waals surface area contributed by atoms with Crippen LogP contribution in [-0.4, -0.2) is 43.3 Å². The summed E-state index contributed by atoms with van der Waals surface area (Å²) in [4.78, 5) is 14.8. The summed E-state index contributed by atoms with van der Waals surface area (Å²) in [6.07, 6.45) is 1.60. The van der Waals surface area contributed by atoms with Crippen LogP contribution in [0, 0.1) is 0 Å². The maximum absolute atomic E-state index is 12.4. The molecule has 0 saturated carbocycles. The van der Waals surface area contributed by atoms with Crippen LogP contribution < -0.4 is 10.2 Å². The van der Waals surface area contributed by atoms with Crippen LogP contribution in [0.25, 0.3) is 0 Å². The Bertz CT molecular complexity index is 1030. The number of hydrogen-bond acceptors (Lipinski definition) is 5. The zero-order valence-corrected chi connectivity index (χ0v) is 17.9. The lowest BCUT2D eigenvalue weighted by atomic mass is 10.1. The lowest BCUT2D eigenvalue weighted by Crippen LogP contribution is -2.35. The number of rotatable bonds is 8. The van der Waals surface area contributed by atoms with Gasteiger partial charge < -0.3 is 9.47 Å². The summed E-state index contributed by atoms with van der Waals surface area (Å²) in [5.41, 5.74) is 6.23. The van der Waals surface area contributed by atoms with Gasteiger partial charge in [-0.3, -0.25) is 9.69 Å². The first-order chi connectivity index (χ1) is 15.8. The van der Waals surface area contributed by atoms with Gasteiger partial charge in [0.1, 0.15) is 12.4 Å². The zero-order chi connectivity index (χ0) is 22.0. The molecule has 1 saturated heterocycles. The maximum atomic E-state index is 12.4. The largest absolute Gasteiger partial charge is 0.488 e. The van der Waals surface area contributed by atoms with E-state index in [2.05, 4.69) is 15.4 Å². The van der Waals surface area contributed by atoms with Crippen LogP contribution in [0.3, 0.4) is 0 Å². The van der Waals surface area contributed by atoms with Gasteiger partial charge in [0.15, 0.2) is 0 Å². The molecule has 3 aromatic carbocycles. The number of morpholine rings is 1. The Hall–Kier alpha value is -3.48. The molecular weight excluding hydrogens is 402 g/mol. The third kappa shape index (κ3) is 6.26. The minimum absolute atomic E-state index is 0.248. The highest BCUT2D eigenvalue weighted by molar-refractivity contribution is 5.95. The van der Waals surface area contributed by atoms with E-state index in [4.69, 9.17) is 9.47 Å². The van der Waals surface area contributed by atoms with Gasteiger partial charge >= 0.3 is 0 Å². The van der Waals surface area contributed by atoms with Gasteiger partial charge in [0.25, 0.3) is 5.91 Å². The molecule has 0 spiro atoms. The van der Waals surface area contributed by atoms with Crippen molar-refractivity contribution in [1.29, 1.82) is 0 Å². The SMILES string of the molecule is O=C(N/N=C\c1ccccc1OCc1ccccc1)c1ccc(CN2CCOCC2)cc1. The molecule has 0 bridgehead atoms. The lowest BCUT2D eigenvalue weighted by molar-refractivity contribution is 0.0342. The maximum Gasteiger partial charge on any atom is 0.271 e. The molecule has 1 N–H and O–H groups in total. The summed E-state index contributed by atoms with van der Waals surface area (Å²) in [5.74, 6) is 0.462. The van der Waals surface area contributed by atoms with Crippen LogP contribution >= 0.6 is 0 Å². The van der Waals surface area contributed by atoms with Gasteiger partial charge in [-0.1, -0.05) is 54.6 Å². The molecule has 0 atom stereocenters. The highest BCUT2D eigenvalue weighted by Gasteiger charge is 2.11. The molecule has 0 aliphatic carbocycles. The van der Waals surface area contributed by atoms with Crippen LogP contribution in [-0.2, 0) is 17.9 Å². The second kappa shape index (κ2) is 11.2. The third-order valence-corrected chi connectivity index (χ3v) is 5.25. The highest BCUT2D eigenvalue weighted by atomic mass is 16.5. The highest BCUT2D eigenvalue weighted by Crippen LogP contribution is 2.17. The predicted octanol–water partition coefficient (Wildman–Crippen LogP) is 3.86. The van der Waals surface area contributed by atoms with Gasteiger partial charge in [-0.15, -0.1) is 0 Å². The summed E-state index contributed by atoms with van der Waals surface area (Å²) in [5, 5.41) is 4.12. The number of benzene rings is 3. The number of nitrogens with zero attached hydrogens (tertiary/aromatic N) is 2. The molecule has 1 aliphatic rings. The molecule has 6 heteroatoms. The molecular formula is C26H27N3O3. The van der Waals surface area contributed by atoms with Gasteiger partial charge in [0.05, 0.1) is 19.4 Å². The molecule has 1 heterocycles.